The Morgan fingerprint density at radius 1 is 1.37 bits per heavy atom. The van der Waals surface area contributed by atoms with Crippen LogP contribution in [0.5, 0.6) is 0 Å². The van der Waals surface area contributed by atoms with Gasteiger partial charge in [0.15, 0.2) is 5.78 Å². The van der Waals surface area contributed by atoms with Crippen molar-refractivity contribution in [1.29, 1.82) is 0 Å². The second-order valence-corrected chi connectivity index (χ2v) is 5.54. The van der Waals surface area contributed by atoms with Crippen LogP contribution in [-0.2, 0) is 11.2 Å². The van der Waals surface area contributed by atoms with Gasteiger partial charge in [-0.1, -0.05) is 34.8 Å². The van der Waals surface area contributed by atoms with Crippen LogP contribution in [0.2, 0.25) is 0 Å². The molecule has 19 heavy (non-hydrogen) atoms. The van der Waals surface area contributed by atoms with Crippen molar-refractivity contribution in [3.63, 3.8) is 0 Å². The summed E-state index contributed by atoms with van der Waals surface area (Å²) < 4.78 is 4.00. The van der Waals surface area contributed by atoms with Crippen molar-refractivity contribution in [3.8, 4) is 11.3 Å². The summed E-state index contributed by atoms with van der Waals surface area (Å²) in [5.41, 5.74) is 1.87. The number of hydrogen-bond acceptors (Lipinski definition) is 5. The molecule has 0 radical (unpaired) electrons. The van der Waals surface area contributed by atoms with E-state index >= 15 is 0 Å². The van der Waals surface area contributed by atoms with Crippen LogP contribution in [0.25, 0.3) is 11.3 Å². The van der Waals surface area contributed by atoms with Crippen LogP contribution in [0.1, 0.15) is 17.7 Å². The van der Waals surface area contributed by atoms with Gasteiger partial charge in [0.05, 0.1) is 10.9 Å². The molecule has 3 rings (SSSR count). The first-order valence-corrected chi connectivity index (χ1v) is 7.24. The Morgan fingerprint density at radius 3 is 2.95 bits per heavy atom. The van der Waals surface area contributed by atoms with Gasteiger partial charge in [-0.3, -0.25) is 4.79 Å². The van der Waals surface area contributed by atoms with E-state index < -0.39 is 0 Å². The normalized spacial score (nSPS) is 18.6. The molecule has 4 nitrogen and oxygen atoms in total. The largest absolute Gasteiger partial charge is 0.307 e. The van der Waals surface area contributed by atoms with Gasteiger partial charge in [-0.15, -0.1) is 5.10 Å². The van der Waals surface area contributed by atoms with Crippen molar-refractivity contribution in [2.24, 2.45) is 0 Å². The molecule has 0 spiro atoms. The highest BCUT2D eigenvalue weighted by atomic mass is 32.1. The number of carbonyl (C=O) groups excluding carboxylic acids is 1. The Bertz CT molecular complexity index is 561. The predicted octanol–water partition coefficient (Wildman–Crippen LogP) is 2.07. The maximum absolute atomic E-state index is 12.2. The topological polar surface area (TPSA) is 54.9 Å². The summed E-state index contributed by atoms with van der Waals surface area (Å²) in [7, 11) is 0. The highest BCUT2D eigenvalue weighted by molar-refractivity contribution is 7.06. The number of ketones is 1. The first kappa shape index (κ1) is 12.4. The molecule has 1 aromatic heterocycles. The molecule has 2 aromatic rings. The quantitative estimate of drug-likeness (QED) is 0.926. The summed E-state index contributed by atoms with van der Waals surface area (Å²) >= 11 is 1.32. The SMILES string of the molecule is O=C(Cc1snnc1-c1ccccc1)[C@@H]1CCCN1. The van der Waals surface area contributed by atoms with Crippen molar-refractivity contribution in [2.45, 2.75) is 25.3 Å². The van der Waals surface area contributed by atoms with Crippen molar-refractivity contribution < 1.29 is 4.79 Å². The molecule has 1 aliphatic heterocycles. The monoisotopic (exact) mass is 273 g/mol. The minimum absolute atomic E-state index is 0.0192. The maximum atomic E-state index is 12.2. The summed E-state index contributed by atoms with van der Waals surface area (Å²) in [5, 5.41) is 7.40. The number of rotatable bonds is 4. The number of nitrogens with one attached hydrogen (secondary N) is 1. The van der Waals surface area contributed by atoms with Crippen LogP contribution in [0, 0.1) is 0 Å². The number of Topliss-reactive ketones (excluding diaryl/α,β-unsaturated/α-hetero) is 1. The van der Waals surface area contributed by atoms with Crippen molar-refractivity contribution in [3.05, 3.63) is 35.2 Å². The lowest BCUT2D eigenvalue weighted by Crippen LogP contribution is -2.31. The molecule has 1 aromatic carbocycles. The van der Waals surface area contributed by atoms with E-state index in [0.29, 0.717) is 6.42 Å². The Morgan fingerprint density at radius 2 is 2.21 bits per heavy atom. The second kappa shape index (κ2) is 5.59. The van der Waals surface area contributed by atoms with E-state index in [1.165, 1.54) is 11.5 Å². The number of aromatic nitrogens is 2. The van der Waals surface area contributed by atoms with Crippen molar-refractivity contribution in [2.75, 3.05) is 6.54 Å². The fourth-order valence-electron chi connectivity index (χ4n) is 2.38. The second-order valence-electron chi connectivity index (χ2n) is 4.70. The van der Waals surface area contributed by atoms with Gasteiger partial charge >= 0.3 is 0 Å². The molecule has 0 amide bonds. The molecule has 1 aliphatic rings. The van der Waals surface area contributed by atoms with E-state index in [4.69, 9.17) is 0 Å². The number of carbonyl (C=O) groups is 1. The molecule has 1 saturated heterocycles. The van der Waals surface area contributed by atoms with Gasteiger partial charge in [0.2, 0.25) is 0 Å². The minimum atomic E-state index is 0.0192. The van der Waals surface area contributed by atoms with E-state index in [1.807, 2.05) is 30.3 Å². The smallest absolute Gasteiger partial charge is 0.155 e. The molecule has 98 valence electrons. The van der Waals surface area contributed by atoms with E-state index in [0.717, 1.165) is 35.5 Å². The Balaban J connectivity index is 1.79. The highest BCUT2D eigenvalue weighted by Gasteiger charge is 2.24. The van der Waals surface area contributed by atoms with Crippen LogP contribution < -0.4 is 5.32 Å². The third-order valence-electron chi connectivity index (χ3n) is 3.39. The van der Waals surface area contributed by atoms with E-state index in [1.54, 1.807) is 0 Å². The van der Waals surface area contributed by atoms with Crippen LogP contribution in [0.3, 0.4) is 0 Å². The van der Waals surface area contributed by atoms with Gasteiger partial charge in [-0.05, 0) is 30.9 Å². The zero-order valence-electron chi connectivity index (χ0n) is 10.5. The van der Waals surface area contributed by atoms with Gasteiger partial charge in [-0.2, -0.15) is 0 Å². The van der Waals surface area contributed by atoms with E-state index in [9.17, 15) is 4.79 Å². The number of nitrogens with zero attached hydrogens (tertiary/aromatic N) is 2. The van der Waals surface area contributed by atoms with Crippen molar-refractivity contribution >= 4 is 17.3 Å². The molecular weight excluding hydrogens is 258 g/mol. The molecule has 2 heterocycles. The van der Waals surface area contributed by atoms with Crippen LogP contribution in [0.15, 0.2) is 30.3 Å². The van der Waals surface area contributed by atoms with Gasteiger partial charge in [0.1, 0.15) is 5.69 Å². The lowest BCUT2D eigenvalue weighted by Gasteiger charge is -2.08. The minimum Gasteiger partial charge on any atom is -0.307 e. The molecule has 0 aliphatic carbocycles. The average Bonchev–Trinajstić information content (AvgIpc) is 3.11. The predicted molar refractivity (Wildman–Crippen MR) is 75.1 cm³/mol. The third-order valence-corrected chi connectivity index (χ3v) is 4.11. The fraction of sp³-hybridized carbons (Fsp3) is 0.357. The van der Waals surface area contributed by atoms with E-state index in [2.05, 4.69) is 14.9 Å². The molecule has 0 bridgehead atoms. The third kappa shape index (κ3) is 2.72. The average molecular weight is 273 g/mol. The first-order chi connectivity index (χ1) is 9.34. The van der Waals surface area contributed by atoms with Gasteiger partial charge in [0.25, 0.3) is 0 Å². The molecule has 1 atom stereocenters. The first-order valence-electron chi connectivity index (χ1n) is 6.47. The lowest BCUT2D eigenvalue weighted by molar-refractivity contribution is -0.120. The van der Waals surface area contributed by atoms with Gasteiger partial charge in [-0.25, -0.2) is 0 Å². The Kier molecular flexibility index (Phi) is 3.66. The Labute approximate surface area is 116 Å². The molecule has 5 heteroatoms. The zero-order valence-corrected chi connectivity index (χ0v) is 11.3. The summed E-state index contributed by atoms with van der Waals surface area (Å²) in [6, 6.07) is 9.93. The molecule has 1 N–H and O–H groups in total. The Hall–Kier alpha value is -1.59. The summed E-state index contributed by atoms with van der Waals surface area (Å²) in [6.45, 7) is 0.947. The standard InChI is InChI=1S/C14H15N3OS/c18-12(11-7-4-8-15-11)9-13-14(16-17-19-13)10-5-2-1-3-6-10/h1-3,5-6,11,15H,4,7-9H2/t11-/m0/s1. The van der Waals surface area contributed by atoms with Crippen molar-refractivity contribution in [1.82, 2.24) is 14.9 Å². The molecular formula is C14H15N3OS. The summed E-state index contributed by atoms with van der Waals surface area (Å²) in [4.78, 5) is 13.1. The van der Waals surface area contributed by atoms with Crippen LogP contribution >= 0.6 is 11.5 Å². The molecule has 0 unspecified atom stereocenters. The number of hydrogen-bond donors (Lipinski definition) is 1. The summed E-state index contributed by atoms with van der Waals surface area (Å²) in [5.74, 6) is 0.251. The molecule has 0 saturated carbocycles. The van der Waals surface area contributed by atoms with Crippen LogP contribution in [-0.4, -0.2) is 28.0 Å². The number of benzene rings is 1. The molecule has 1 fully saturated rings. The van der Waals surface area contributed by atoms with Gasteiger partial charge < -0.3 is 5.32 Å². The maximum Gasteiger partial charge on any atom is 0.155 e. The lowest BCUT2D eigenvalue weighted by atomic mass is 10.0. The highest BCUT2D eigenvalue weighted by Crippen LogP contribution is 2.24. The van der Waals surface area contributed by atoms with E-state index in [-0.39, 0.29) is 11.8 Å². The van der Waals surface area contributed by atoms with Gasteiger partial charge in [0, 0.05) is 12.0 Å². The fourth-order valence-corrected chi connectivity index (χ4v) is 3.05. The summed E-state index contributed by atoms with van der Waals surface area (Å²) in [6.07, 6.45) is 2.47. The zero-order chi connectivity index (χ0) is 13.1. The van der Waals surface area contributed by atoms with Crippen LogP contribution in [0.4, 0.5) is 0 Å².